The van der Waals surface area contributed by atoms with Gasteiger partial charge in [-0.15, -0.1) is 0 Å². The zero-order valence-corrected chi connectivity index (χ0v) is 9.53. The van der Waals surface area contributed by atoms with Gasteiger partial charge < -0.3 is 16.0 Å². The summed E-state index contributed by atoms with van der Waals surface area (Å²) < 4.78 is 0. The van der Waals surface area contributed by atoms with Crippen molar-refractivity contribution in [3.63, 3.8) is 0 Å². The maximum absolute atomic E-state index is 5.54. The van der Waals surface area contributed by atoms with E-state index in [9.17, 15) is 0 Å². The first-order chi connectivity index (χ1) is 7.18. The van der Waals surface area contributed by atoms with Crippen LogP contribution in [0.15, 0.2) is 18.3 Å². The molecule has 1 aromatic rings. The van der Waals surface area contributed by atoms with Gasteiger partial charge >= 0.3 is 0 Å². The van der Waals surface area contributed by atoms with Gasteiger partial charge in [0.25, 0.3) is 0 Å². The fraction of sp³-hybridized carbons (Fsp3) is 0.545. The number of hydrogen-bond donors (Lipinski definition) is 2. The summed E-state index contributed by atoms with van der Waals surface area (Å²) in [7, 11) is 4.18. The van der Waals surface area contributed by atoms with Crippen molar-refractivity contribution < 1.29 is 0 Å². The van der Waals surface area contributed by atoms with Crippen molar-refractivity contribution in [3.05, 3.63) is 18.3 Å². The Bertz CT molecular complexity index is 268. The Labute approximate surface area is 91.5 Å². The fourth-order valence-corrected chi connectivity index (χ4v) is 1.28. The summed E-state index contributed by atoms with van der Waals surface area (Å²) in [5.41, 5.74) is 6.24. The molecule has 0 saturated carbocycles. The lowest BCUT2D eigenvalue weighted by Crippen LogP contribution is -2.14. The molecule has 4 nitrogen and oxygen atoms in total. The molecule has 1 aromatic heterocycles. The van der Waals surface area contributed by atoms with E-state index in [1.165, 1.54) is 6.42 Å². The first kappa shape index (κ1) is 11.8. The van der Waals surface area contributed by atoms with Crippen molar-refractivity contribution >= 4 is 11.5 Å². The molecule has 0 aromatic carbocycles. The Morgan fingerprint density at radius 2 is 2.13 bits per heavy atom. The van der Waals surface area contributed by atoms with Crippen molar-refractivity contribution in [2.45, 2.75) is 12.8 Å². The van der Waals surface area contributed by atoms with Gasteiger partial charge in [-0.1, -0.05) is 0 Å². The van der Waals surface area contributed by atoms with Crippen molar-refractivity contribution in [3.8, 4) is 0 Å². The van der Waals surface area contributed by atoms with E-state index in [1.807, 2.05) is 12.1 Å². The smallest absolute Gasteiger partial charge is 0.126 e. The Kier molecular flexibility index (Phi) is 4.90. The van der Waals surface area contributed by atoms with Crippen LogP contribution >= 0.6 is 0 Å². The Morgan fingerprint density at radius 3 is 2.73 bits per heavy atom. The van der Waals surface area contributed by atoms with Crippen LogP contribution in [0, 0.1) is 0 Å². The van der Waals surface area contributed by atoms with E-state index in [-0.39, 0.29) is 0 Å². The first-order valence-corrected chi connectivity index (χ1v) is 5.28. The highest BCUT2D eigenvalue weighted by molar-refractivity contribution is 5.43. The van der Waals surface area contributed by atoms with Crippen LogP contribution in [-0.2, 0) is 0 Å². The minimum Gasteiger partial charge on any atom is -0.397 e. The molecule has 0 fully saturated rings. The molecule has 0 radical (unpaired) electrons. The van der Waals surface area contributed by atoms with Gasteiger partial charge in [0.15, 0.2) is 0 Å². The highest BCUT2D eigenvalue weighted by Gasteiger charge is 1.94. The average Bonchev–Trinajstić information content (AvgIpc) is 2.20. The molecular formula is C11H20N4. The van der Waals surface area contributed by atoms with Crippen LogP contribution in [0.5, 0.6) is 0 Å². The number of nitrogens with one attached hydrogen (secondary N) is 1. The van der Waals surface area contributed by atoms with Crippen LogP contribution in [0.4, 0.5) is 11.5 Å². The van der Waals surface area contributed by atoms with Gasteiger partial charge in [0.05, 0.1) is 11.9 Å². The van der Waals surface area contributed by atoms with Crippen LogP contribution < -0.4 is 11.1 Å². The largest absolute Gasteiger partial charge is 0.397 e. The zero-order chi connectivity index (χ0) is 11.1. The number of rotatable bonds is 6. The van der Waals surface area contributed by atoms with Crippen molar-refractivity contribution in [2.24, 2.45) is 0 Å². The highest BCUT2D eigenvalue weighted by Crippen LogP contribution is 2.05. The third-order valence-electron chi connectivity index (χ3n) is 2.12. The van der Waals surface area contributed by atoms with Gasteiger partial charge in [-0.3, -0.25) is 0 Å². The number of anilines is 2. The van der Waals surface area contributed by atoms with Gasteiger partial charge in [0.1, 0.15) is 5.82 Å². The molecule has 0 amide bonds. The maximum atomic E-state index is 5.54. The molecule has 0 spiro atoms. The van der Waals surface area contributed by atoms with Gasteiger partial charge in [0.2, 0.25) is 0 Å². The lowest BCUT2D eigenvalue weighted by atomic mass is 10.3. The monoisotopic (exact) mass is 208 g/mol. The molecule has 0 unspecified atom stereocenters. The van der Waals surface area contributed by atoms with Gasteiger partial charge in [-0.25, -0.2) is 4.98 Å². The molecule has 0 bridgehead atoms. The Hall–Kier alpha value is -1.29. The second-order valence-corrected chi connectivity index (χ2v) is 3.91. The number of aromatic nitrogens is 1. The molecule has 0 aliphatic rings. The van der Waals surface area contributed by atoms with Gasteiger partial charge in [-0.05, 0) is 45.6 Å². The minimum absolute atomic E-state index is 0.702. The summed E-state index contributed by atoms with van der Waals surface area (Å²) in [6, 6.07) is 3.76. The van der Waals surface area contributed by atoms with Crippen LogP contribution in [0.25, 0.3) is 0 Å². The van der Waals surface area contributed by atoms with Gasteiger partial charge in [0, 0.05) is 6.54 Å². The number of pyridine rings is 1. The molecule has 0 aliphatic heterocycles. The third-order valence-corrected chi connectivity index (χ3v) is 2.12. The Morgan fingerprint density at radius 1 is 1.33 bits per heavy atom. The zero-order valence-electron chi connectivity index (χ0n) is 9.53. The van der Waals surface area contributed by atoms with Crippen molar-refractivity contribution in [1.29, 1.82) is 0 Å². The molecule has 0 atom stereocenters. The molecule has 84 valence electrons. The Balaban J connectivity index is 2.12. The predicted molar refractivity (Wildman–Crippen MR) is 64.9 cm³/mol. The second kappa shape index (κ2) is 6.24. The van der Waals surface area contributed by atoms with Crippen LogP contribution in [-0.4, -0.2) is 37.1 Å². The quantitative estimate of drug-likeness (QED) is 0.694. The summed E-state index contributed by atoms with van der Waals surface area (Å²) in [6.07, 6.45) is 4.03. The van der Waals surface area contributed by atoms with E-state index in [0.29, 0.717) is 5.69 Å². The van der Waals surface area contributed by atoms with Gasteiger partial charge in [-0.2, -0.15) is 0 Å². The maximum Gasteiger partial charge on any atom is 0.126 e. The highest BCUT2D eigenvalue weighted by atomic mass is 15.0. The van der Waals surface area contributed by atoms with Crippen LogP contribution in [0.2, 0.25) is 0 Å². The lowest BCUT2D eigenvalue weighted by molar-refractivity contribution is 0.396. The summed E-state index contributed by atoms with van der Waals surface area (Å²) in [6.45, 7) is 2.10. The van der Waals surface area contributed by atoms with E-state index in [0.717, 1.165) is 25.3 Å². The molecule has 1 heterocycles. The van der Waals surface area contributed by atoms with E-state index in [1.54, 1.807) is 6.20 Å². The molecule has 15 heavy (non-hydrogen) atoms. The van der Waals surface area contributed by atoms with Crippen LogP contribution in [0.3, 0.4) is 0 Å². The van der Waals surface area contributed by atoms with Crippen molar-refractivity contribution in [1.82, 2.24) is 9.88 Å². The molecule has 0 aliphatic carbocycles. The molecule has 0 saturated heterocycles. The van der Waals surface area contributed by atoms with E-state index < -0.39 is 0 Å². The number of nitrogens with two attached hydrogens (primary N) is 1. The third kappa shape index (κ3) is 5.22. The fourth-order valence-electron chi connectivity index (χ4n) is 1.28. The van der Waals surface area contributed by atoms with E-state index in [4.69, 9.17) is 5.73 Å². The summed E-state index contributed by atoms with van der Waals surface area (Å²) in [5.74, 6) is 0.897. The lowest BCUT2D eigenvalue weighted by Gasteiger charge is -2.09. The topological polar surface area (TPSA) is 54.2 Å². The van der Waals surface area contributed by atoms with E-state index >= 15 is 0 Å². The summed E-state index contributed by atoms with van der Waals surface area (Å²) >= 11 is 0. The predicted octanol–water partition coefficient (Wildman–Crippen LogP) is 1.42. The number of nitrogen functional groups attached to an aromatic ring is 1. The standard InChI is InChI=1S/C11H20N4/c1-15(2)8-4-3-7-13-11-6-5-10(12)9-14-11/h5-6,9H,3-4,7-8,12H2,1-2H3,(H,13,14). The minimum atomic E-state index is 0.702. The summed E-state index contributed by atoms with van der Waals surface area (Å²) in [5, 5.41) is 3.26. The second-order valence-electron chi connectivity index (χ2n) is 3.91. The number of nitrogens with zero attached hydrogens (tertiary/aromatic N) is 2. The molecular weight excluding hydrogens is 188 g/mol. The normalized spacial score (nSPS) is 10.6. The number of unbranched alkanes of at least 4 members (excludes halogenated alkanes) is 1. The van der Waals surface area contributed by atoms with E-state index in [2.05, 4.69) is 29.3 Å². The van der Waals surface area contributed by atoms with Crippen LogP contribution in [0.1, 0.15) is 12.8 Å². The molecule has 1 rings (SSSR count). The first-order valence-electron chi connectivity index (χ1n) is 5.28. The van der Waals surface area contributed by atoms with Crippen molar-refractivity contribution in [2.75, 3.05) is 38.2 Å². The SMILES string of the molecule is CN(C)CCCCNc1ccc(N)cn1. The molecule has 3 N–H and O–H groups in total. The summed E-state index contributed by atoms with van der Waals surface area (Å²) in [4.78, 5) is 6.36. The molecule has 4 heteroatoms. The number of hydrogen-bond acceptors (Lipinski definition) is 4. The average molecular weight is 208 g/mol.